The number of hydrogen-bond acceptors (Lipinski definition) is 5. The quantitative estimate of drug-likeness (QED) is 0.325. The minimum atomic E-state index is -0.372. The van der Waals surface area contributed by atoms with E-state index in [0.717, 1.165) is 9.13 Å². The lowest BCUT2D eigenvalue weighted by atomic mass is 10.1. The van der Waals surface area contributed by atoms with Crippen LogP contribution >= 0.6 is 22.6 Å². The van der Waals surface area contributed by atoms with Gasteiger partial charge >= 0.3 is 0 Å². The van der Waals surface area contributed by atoms with Crippen molar-refractivity contribution in [2.75, 3.05) is 5.32 Å². The van der Waals surface area contributed by atoms with Crippen LogP contribution in [0.25, 0.3) is 0 Å². The van der Waals surface area contributed by atoms with E-state index in [-0.39, 0.29) is 11.8 Å². The number of nitrogens with zero attached hydrogens (tertiary/aromatic N) is 3. The van der Waals surface area contributed by atoms with Crippen LogP contribution in [0.4, 0.5) is 5.69 Å². The average molecular weight is 491 g/mol. The molecule has 28 heavy (non-hydrogen) atoms. The fourth-order valence-corrected chi connectivity index (χ4v) is 3.24. The van der Waals surface area contributed by atoms with Gasteiger partial charge in [-0.25, -0.2) is 5.43 Å². The van der Waals surface area contributed by atoms with Gasteiger partial charge in [-0.05, 0) is 60.2 Å². The molecule has 2 aromatic heterocycles. The lowest BCUT2D eigenvalue weighted by Gasteiger charge is -2.06. The molecular weight excluding hydrogens is 473 g/mol. The fraction of sp³-hybridized carbons (Fsp3) is 0.158. The highest BCUT2D eigenvalue weighted by molar-refractivity contribution is 14.1. The van der Waals surface area contributed by atoms with Gasteiger partial charge in [-0.1, -0.05) is 12.1 Å². The summed E-state index contributed by atoms with van der Waals surface area (Å²) in [6.45, 7) is 3.52. The van der Waals surface area contributed by atoms with E-state index in [1.807, 2.05) is 12.1 Å². The van der Waals surface area contributed by atoms with E-state index in [9.17, 15) is 9.59 Å². The van der Waals surface area contributed by atoms with E-state index in [1.54, 1.807) is 50.0 Å². The van der Waals surface area contributed by atoms with Crippen molar-refractivity contribution >= 4 is 45.8 Å². The van der Waals surface area contributed by atoms with Gasteiger partial charge < -0.3 is 9.73 Å². The van der Waals surface area contributed by atoms with Crippen LogP contribution < -0.4 is 10.7 Å². The fourth-order valence-electron chi connectivity index (χ4n) is 2.48. The summed E-state index contributed by atoms with van der Waals surface area (Å²) in [6.07, 6.45) is 3.23. The zero-order valence-corrected chi connectivity index (χ0v) is 17.6. The number of nitrogens with one attached hydrogen (secondary N) is 2. The number of anilines is 1. The number of benzene rings is 1. The number of rotatable bonds is 5. The van der Waals surface area contributed by atoms with Gasteiger partial charge in [-0.3, -0.25) is 14.3 Å². The normalized spacial score (nSPS) is 11.4. The Kier molecular flexibility index (Phi) is 5.93. The summed E-state index contributed by atoms with van der Waals surface area (Å²) in [5.41, 5.74) is 5.42. The summed E-state index contributed by atoms with van der Waals surface area (Å²) < 4.78 is 7.47. The monoisotopic (exact) mass is 491 g/mol. The van der Waals surface area contributed by atoms with Gasteiger partial charge in [0.15, 0.2) is 5.69 Å². The third-order valence-corrected chi connectivity index (χ3v) is 4.78. The Labute approximate surface area is 175 Å². The molecule has 0 saturated heterocycles. The van der Waals surface area contributed by atoms with Crippen molar-refractivity contribution in [2.45, 2.75) is 13.8 Å². The smallest absolute Gasteiger partial charge is 0.292 e. The van der Waals surface area contributed by atoms with Crippen molar-refractivity contribution in [1.29, 1.82) is 0 Å². The number of hydrogen-bond donors (Lipinski definition) is 2. The molecule has 2 heterocycles. The molecular formula is C19H18IN5O3. The molecule has 0 fully saturated rings. The SMILES string of the molecule is CC(=NNC(=O)c1nn(C)cc1I)c1ccc(NC(=O)c2ccoc2C)cc1. The molecule has 2 amide bonds. The highest BCUT2D eigenvalue weighted by Gasteiger charge is 2.14. The Balaban J connectivity index is 1.64. The molecule has 1 aromatic carbocycles. The minimum absolute atomic E-state index is 0.235. The number of amides is 2. The molecule has 3 rings (SSSR count). The summed E-state index contributed by atoms with van der Waals surface area (Å²) in [5.74, 6) is -0.0410. The summed E-state index contributed by atoms with van der Waals surface area (Å²) in [5, 5.41) is 11.0. The molecule has 8 nitrogen and oxygen atoms in total. The Morgan fingerprint density at radius 1 is 1.18 bits per heavy atom. The predicted octanol–water partition coefficient (Wildman–Crippen LogP) is 3.33. The molecule has 144 valence electrons. The van der Waals surface area contributed by atoms with Crippen LogP contribution in [0.2, 0.25) is 0 Å². The topological polar surface area (TPSA) is 102 Å². The van der Waals surface area contributed by atoms with E-state index in [0.29, 0.717) is 28.4 Å². The van der Waals surface area contributed by atoms with E-state index in [2.05, 4.69) is 43.5 Å². The molecule has 2 N–H and O–H groups in total. The minimum Gasteiger partial charge on any atom is -0.469 e. The highest BCUT2D eigenvalue weighted by atomic mass is 127. The van der Waals surface area contributed by atoms with Crippen LogP contribution in [0, 0.1) is 10.5 Å². The first-order valence-electron chi connectivity index (χ1n) is 8.35. The molecule has 0 aliphatic carbocycles. The number of carbonyl (C=O) groups is 2. The van der Waals surface area contributed by atoms with Crippen molar-refractivity contribution in [3.05, 3.63) is 68.9 Å². The molecule has 0 atom stereocenters. The first-order chi connectivity index (χ1) is 13.3. The van der Waals surface area contributed by atoms with Gasteiger partial charge in [-0.15, -0.1) is 0 Å². The van der Waals surface area contributed by atoms with Crippen LogP contribution in [0.1, 0.15) is 39.1 Å². The maximum absolute atomic E-state index is 12.2. The van der Waals surface area contributed by atoms with Crippen LogP contribution in [0.3, 0.4) is 0 Å². The van der Waals surface area contributed by atoms with Gasteiger partial charge in [0.05, 0.1) is 21.1 Å². The zero-order valence-electron chi connectivity index (χ0n) is 15.5. The van der Waals surface area contributed by atoms with E-state index in [4.69, 9.17) is 4.42 Å². The first-order valence-corrected chi connectivity index (χ1v) is 9.42. The molecule has 0 bridgehead atoms. The average Bonchev–Trinajstić information content (AvgIpc) is 3.24. The number of hydrazone groups is 1. The van der Waals surface area contributed by atoms with Crippen molar-refractivity contribution in [1.82, 2.24) is 15.2 Å². The Morgan fingerprint density at radius 2 is 1.89 bits per heavy atom. The Hall–Kier alpha value is -2.95. The predicted molar refractivity (Wildman–Crippen MR) is 113 cm³/mol. The second-order valence-corrected chi connectivity index (χ2v) is 7.22. The summed E-state index contributed by atoms with van der Waals surface area (Å²) in [6, 6.07) is 8.79. The van der Waals surface area contributed by atoms with Crippen molar-refractivity contribution in [3.63, 3.8) is 0 Å². The second-order valence-electron chi connectivity index (χ2n) is 6.06. The summed E-state index contributed by atoms with van der Waals surface area (Å²) in [4.78, 5) is 24.4. The van der Waals surface area contributed by atoms with Crippen LogP contribution in [-0.4, -0.2) is 27.3 Å². The van der Waals surface area contributed by atoms with Gasteiger partial charge in [-0.2, -0.15) is 10.2 Å². The molecule has 0 radical (unpaired) electrons. The molecule has 0 aliphatic rings. The van der Waals surface area contributed by atoms with E-state index < -0.39 is 0 Å². The van der Waals surface area contributed by atoms with Gasteiger partial charge in [0.25, 0.3) is 11.8 Å². The maximum atomic E-state index is 12.2. The van der Waals surface area contributed by atoms with Crippen LogP contribution in [0.15, 0.2) is 52.3 Å². The van der Waals surface area contributed by atoms with Gasteiger partial charge in [0.2, 0.25) is 0 Å². The van der Waals surface area contributed by atoms with Crippen LogP contribution in [0.5, 0.6) is 0 Å². The third-order valence-electron chi connectivity index (χ3n) is 3.99. The summed E-state index contributed by atoms with van der Waals surface area (Å²) in [7, 11) is 1.75. The molecule has 0 saturated carbocycles. The molecule has 0 spiro atoms. The standard InChI is InChI=1S/C19H18IN5O3/c1-11(22-23-19(27)17-16(20)10-25(3)24-17)13-4-6-14(7-5-13)21-18(26)15-8-9-28-12(15)2/h4-10H,1-3H3,(H,21,26)(H,23,27). The molecule has 9 heteroatoms. The van der Waals surface area contributed by atoms with Crippen LogP contribution in [-0.2, 0) is 7.05 Å². The number of aryl methyl sites for hydroxylation is 2. The highest BCUT2D eigenvalue weighted by Crippen LogP contribution is 2.15. The Morgan fingerprint density at radius 3 is 2.46 bits per heavy atom. The van der Waals surface area contributed by atoms with E-state index in [1.165, 1.54) is 6.26 Å². The molecule has 3 aromatic rings. The van der Waals surface area contributed by atoms with Gasteiger partial charge in [0, 0.05) is 18.9 Å². The largest absolute Gasteiger partial charge is 0.469 e. The van der Waals surface area contributed by atoms with Crippen molar-refractivity contribution in [3.8, 4) is 0 Å². The third kappa shape index (κ3) is 4.47. The molecule has 0 aliphatic heterocycles. The second kappa shape index (κ2) is 8.38. The maximum Gasteiger partial charge on any atom is 0.292 e. The van der Waals surface area contributed by atoms with E-state index >= 15 is 0 Å². The number of carbonyl (C=O) groups excluding carboxylic acids is 2. The number of halogens is 1. The number of furan rings is 1. The van der Waals surface area contributed by atoms with Gasteiger partial charge in [0.1, 0.15) is 5.76 Å². The zero-order chi connectivity index (χ0) is 20.3. The summed E-state index contributed by atoms with van der Waals surface area (Å²) >= 11 is 2.05. The van der Waals surface area contributed by atoms with Crippen molar-refractivity contribution in [2.24, 2.45) is 12.1 Å². The number of aromatic nitrogens is 2. The lowest BCUT2D eigenvalue weighted by molar-refractivity contribution is 0.0947. The molecule has 0 unspecified atom stereocenters. The first kappa shape index (κ1) is 19.8. The van der Waals surface area contributed by atoms with Crippen molar-refractivity contribution < 1.29 is 14.0 Å². The Bertz CT molecular complexity index is 1050. The lowest BCUT2D eigenvalue weighted by Crippen LogP contribution is -2.21.